The average Bonchev–Trinajstić information content (AvgIpc) is 2.71. The molecule has 1 unspecified atom stereocenters. The number of anilines is 1. The van der Waals surface area contributed by atoms with E-state index in [0.29, 0.717) is 0 Å². The van der Waals surface area contributed by atoms with Gasteiger partial charge < -0.3 is 5.32 Å². The van der Waals surface area contributed by atoms with Gasteiger partial charge in [-0.05, 0) is 34.6 Å². The van der Waals surface area contributed by atoms with Crippen molar-refractivity contribution in [1.82, 2.24) is 9.97 Å². The molecule has 0 saturated heterocycles. The number of aromatic nitrogens is 2. The SMILES string of the molecule is Cc1nc(C)c(C(C)Nc2nc(C)c(C)s2)s1. The summed E-state index contributed by atoms with van der Waals surface area (Å²) < 4.78 is 0. The highest BCUT2D eigenvalue weighted by Crippen LogP contribution is 2.29. The van der Waals surface area contributed by atoms with Crippen molar-refractivity contribution in [2.45, 2.75) is 40.7 Å². The molecule has 0 aliphatic carbocycles. The third-order valence-corrected chi connectivity index (χ3v) is 4.96. The van der Waals surface area contributed by atoms with Crippen LogP contribution in [0.1, 0.15) is 39.1 Å². The van der Waals surface area contributed by atoms with Crippen LogP contribution in [0.25, 0.3) is 0 Å². The van der Waals surface area contributed by atoms with Crippen molar-refractivity contribution in [3.8, 4) is 0 Å². The molecule has 0 bridgehead atoms. The molecule has 92 valence electrons. The number of nitrogens with zero attached hydrogens (tertiary/aromatic N) is 2. The van der Waals surface area contributed by atoms with E-state index in [0.717, 1.165) is 21.5 Å². The average molecular weight is 267 g/mol. The second kappa shape index (κ2) is 4.74. The van der Waals surface area contributed by atoms with Gasteiger partial charge in [-0.15, -0.1) is 22.7 Å². The summed E-state index contributed by atoms with van der Waals surface area (Å²) >= 11 is 3.47. The first-order valence-electron chi connectivity index (χ1n) is 5.62. The molecule has 0 aliphatic rings. The van der Waals surface area contributed by atoms with Gasteiger partial charge >= 0.3 is 0 Å². The van der Waals surface area contributed by atoms with Crippen molar-refractivity contribution in [3.63, 3.8) is 0 Å². The fraction of sp³-hybridized carbons (Fsp3) is 0.500. The summed E-state index contributed by atoms with van der Waals surface area (Å²) in [6.07, 6.45) is 0. The van der Waals surface area contributed by atoms with Crippen molar-refractivity contribution in [2.24, 2.45) is 0 Å². The highest BCUT2D eigenvalue weighted by atomic mass is 32.1. The largest absolute Gasteiger partial charge is 0.354 e. The minimum Gasteiger partial charge on any atom is -0.354 e. The molecule has 2 rings (SSSR count). The van der Waals surface area contributed by atoms with E-state index in [9.17, 15) is 0 Å². The zero-order valence-electron chi connectivity index (χ0n) is 10.8. The minimum absolute atomic E-state index is 0.270. The van der Waals surface area contributed by atoms with Gasteiger partial charge in [0.15, 0.2) is 5.13 Å². The number of rotatable bonds is 3. The van der Waals surface area contributed by atoms with Gasteiger partial charge in [0.2, 0.25) is 0 Å². The van der Waals surface area contributed by atoms with Gasteiger partial charge in [0.25, 0.3) is 0 Å². The van der Waals surface area contributed by atoms with Crippen molar-refractivity contribution in [2.75, 3.05) is 5.32 Å². The first-order valence-corrected chi connectivity index (χ1v) is 7.25. The van der Waals surface area contributed by atoms with E-state index in [2.05, 4.69) is 36.1 Å². The molecule has 0 aromatic carbocycles. The molecule has 1 atom stereocenters. The molecular formula is C12H17N3S2. The smallest absolute Gasteiger partial charge is 0.183 e. The van der Waals surface area contributed by atoms with Crippen LogP contribution < -0.4 is 5.32 Å². The second-order valence-electron chi connectivity index (χ2n) is 4.21. The zero-order valence-corrected chi connectivity index (χ0v) is 12.4. The standard InChI is InChI=1S/C12H17N3S2/c1-6-9(4)16-12(14-6)15-8(3)11-7(2)13-10(5)17-11/h8H,1-5H3,(H,14,15). The normalized spacial score (nSPS) is 12.8. The van der Waals surface area contributed by atoms with E-state index in [1.54, 1.807) is 22.7 Å². The van der Waals surface area contributed by atoms with Crippen LogP contribution in [0.4, 0.5) is 5.13 Å². The van der Waals surface area contributed by atoms with E-state index < -0.39 is 0 Å². The molecule has 1 N–H and O–H groups in total. The monoisotopic (exact) mass is 267 g/mol. The Morgan fingerprint density at radius 2 is 1.71 bits per heavy atom. The van der Waals surface area contributed by atoms with Crippen LogP contribution in [0.2, 0.25) is 0 Å². The minimum atomic E-state index is 0.270. The molecular weight excluding hydrogens is 250 g/mol. The van der Waals surface area contributed by atoms with Crippen LogP contribution in [0.5, 0.6) is 0 Å². The Balaban J connectivity index is 2.16. The first kappa shape index (κ1) is 12.5. The Hall–Kier alpha value is -0.940. The Morgan fingerprint density at radius 1 is 1.00 bits per heavy atom. The molecule has 3 nitrogen and oxygen atoms in total. The third-order valence-electron chi connectivity index (χ3n) is 2.70. The van der Waals surface area contributed by atoms with Crippen LogP contribution in [-0.2, 0) is 0 Å². The maximum Gasteiger partial charge on any atom is 0.183 e. The van der Waals surface area contributed by atoms with E-state index in [1.165, 1.54) is 9.75 Å². The molecule has 0 aliphatic heterocycles. The van der Waals surface area contributed by atoms with Crippen LogP contribution >= 0.6 is 22.7 Å². The van der Waals surface area contributed by atoms with E-state index in [-0.39, 0.29) is 6.04 Å². The van der Waals surface area contributed by atoms with Crippen LogP contribution in [-0.4, -0.2) is 9.97 Å². The summed E-state index contributed by atoms with van der Waals surface area (Å²) in [7, 11) is 0. The summed E-state index contributed by atoms with van der Waals surface area (Å²) in [6.45, 7) is 10.4. The number of thiazole rings is 2. The second-order valence-corrected chi connectivity index (χ2v) is 6.65. The van der Waals surface area contributed by atoms with Gasteiger partial charge in [-0.25, -0.2) is 9.97 Å². The Kier molecular flexibility index (Phi) is 3.49. The third kappa shape index (κ3) is 2.66. The van der Waals surface area contributed by atoms with Crippen LogP contribution in [0.15, 0.2) is 0 Å². The van der Waals surface area contributed by atoms with Crippen LogP contribution in [0.3, 0.4) is 0 Å². The molecule has 0 amide bonds. The molecule has 2 heterocycles. The van der Waals surface area contributed by atoms with Crippen molar-refractivity contribution >= 4 is 27.8 Å². The number of aryl methyl sites for hydroxylation is 4. The number of hydrogen-bond donors (Lipinski definition) is 1. The van der Waals surface area contributed by atoms with Crippen LogP contribution in [0, 0.1) is 27.7 Å². The lowest BCUT2D eigenvalue weighted by Gasteiger charge is -2.11. The molecule has 5 heteroatoms. The van der Waals surface area contributed by atoms with Crippen molar-refractivity contribution < 1.29 is 0 Å². The van der Waals surface area contributed by atoms with Gasteiger partial charge in [-0.2, -0.15) is 0 Å². The molecule has 2 aromatic rings. The summed E-state index contributed by atoms with van der Waals surface area (Å²) in [6, 6.07) is 0.270. The maximum atomic E-state index is 4.50. The van der Waals surface area contributed by atoms with Gasteiger partial charge in [-0.3, -0.25) is 0 Å². The Labute approximate surface area is 110 Å². The van der Waals surface area contributed by atoms with Crippen molar-refractivity contribution in [3.05, 3.63) is 26.1 Å². The molecule has 17 heavy (non-hydrogen) atoms. The summed E-state index contributed by atoms with van der Waals surface area (Å²) in [4.78, 5) is 11.5. The number of nitrogens with one attached hydrogen (secondary N) is 1. The lowest BCUT2D eigenvalue weighted by molar-refractivity contribution is 0.885. The van der Waals surface area contributed by atoms with Gasteiger partial charge in [0.05, 0.1) is 22.4 Å². The van der Waals surface area contributed by atoms with Crippen molar-refractivity contribution in [1.29, 1.82) is 0 Å². The molecule has 0 radical (unpaired) electrons. The summed E-state index contributed by atoms with van der Waals surface area (Å²) in [5, 5.41) is 5.57. The predicted octanol–water partition coefficient (Wildman–Crippen LogP) is 4.01. The molecule has 0 saturated carbocycles. The molecule has 0 spiro atoms. The lowest BCUT2D eigenvalue weighted by atomic mass is 10.2. The fourth-order valence-electron chi connectivity index (χ4n) is 1.73. The van der Waals surface area contributed by atoms with E-state index in [1.807, 2.05) is 13.8 Å². The highest BCUT2D eigenvalue weighted by molar-refractivity contribution is 7.15. The Morgan fingerprint density at radius 3 is 2.18 bits per heavy atom. The molecule has 0 fully saturated rings. The van der Waals surface area contributed by atoms with Gasteiger partial charge in [0, 0.05) is 9.75 Å². The maximum absolute atomic E-state index is 4.50. The first-order chi connectivity index (χ1) is 7.97. The summed E-state index contributed by atoms with van der Waals surface area (Å²) in [5.41, 5.74) is 2.24. The zero-order chi connectivity index (χ0) is 12.6. The Bertz CT molecular complexity index is 508. The van der Waals surface area contributed by atoms with Gasteiger partial charge in [-0.1, -0.05) is 0 Å². The van der Waals surface area contributed by atoms with Gasteiger partial charge in [0.1, 0.15) is 0 Å². The number of hydrogen-bond acceptors (Lipinski definition) is 5. The highest BCUT2D eigenvalue weighted by Gasteiger charge is 2.14. The predicted molar refractivity (Wildman–Crippen MR) is 75.2 cm³/mol. The van der Waals surface area contributed by atoms with E-state index >= 15 is 0 Å². The lowest BCUT2D eigenvalue weighted by Crippen LogP contribution is -2.05. The quantitative estimate of drug-likeness (QED) is 0.913. The topological polar surface area (TPSA) is 37.8 Å². The summed E-state index contributed by atoms with van der Waals surface area (Å²) in [5.74, 6) is 0. The fourth-order valence-corrected chi connectivity index (χ4v) is 3.57. The molecule has 2 aromatic heterocycles. The van der Waals surface area contributed by atoms with E-state index in [4.69, 9.17) is 0 Å².